The highest BCUT2D eigenvalue weighted by Crippen LogP contribution is 2.28. The van der Waals surface area contributed by atoms with Crippen LogP contribution in [-0.4, -0.2) is 83.2 Å². The van der Waals surface area contributed by atoms with E-state index in [4.69, 9.17) is 23.2 Å². The van der Waals surface area contributed by atoms with Crippen LogP contribution in [0.1, 0.15) is 39.6 Å². The Balaban J connectivity index is 1.46. The number of thiazole rings is 1. The van der Waals surface area contributed by atoms with Crippen LogP contribution in [0.25, 0.3) is 0 Å². The fraction of sp³-hybridized carbons (Fsp3) is 0.500. The van der Waals surface area contributed by atoms with Gasteiger partial charge in [0.05, 0.1) is 21.8 Å². The summed E-state index contributed by atoms with van der Waals surface area (Å²) in [5.74, 6) is -2.62. The zero-order valence-corrected chi connectivity index (χ0v) is 23.5. The molecule has 1 aliphatic carbocycles. The minimum absolute atomic E-state index is 0.000242. The van der Waals surface area contributed by atoms with Gasteiger partial charge in [0.2, 0.25) is 5.91 Å². The molecule has 3 atom stereocenters. The second-order valence-corrected chi connectivity index (χ2v) is 11.6. The number of aromatic nitrogens is 2. The molecule has 1 saturated carbocycles. The van der Waals surface area contributed by atoms with Crippen molar-refractivity contribution < 1.29 is 19.2 Å². The zero-order chi connectivity index (χ0) is 27.6. The summed E-state index contributed by atoms with van der Waals surface area (Å²) < 4.78 is 0. The van der Waals surface area contributed by atoms with Gasteiger partial charge in [-0.1, -0.05) is 23.2 Å². The van der Waals surface area contributed by atoms with Crippen molar-refractivity contribution in [3.05, 3.63) is 37.9 Å². The van der Waals surface area contributed by atoms with Crippen molar-refractivity contribution >= 4 is 64.0 Å². The van der Waals surface area contributed by atoms with Crippen molar-refractivity contribution in [3.63, 3.8) is 0 Å². The number of fused-ring (bicyclic) bond motifs is 1. The summed E-state index contributed by atoms with van der Waals surface area (Å²) in [7, 11) is 5.38. The molecular weight excluding hydrogens is 553 g/mol. The Morgan fingerprint density at radius 3 is 2.58 bits per heavy atom. The maximum Gasteiger partial charge on any atom is 0.314 e. The topological polar surface area (TPSA) is 137 Å². The highest BCUT2D eigenvalue weighted by Gasteiger charge is 2.37. The molecule has 0 unspecified atom stereocenters. The smallest absolute Gasteiger partial charge is 0.314 e. The van der Waals surface area contributed by atoms with E-state index >= 15 is 0 Å². The first-order chi connectivity index (χ1) is 18.0. The standard InChI is InChI=1S/C24H29Cl2N7O4S/c1-32(2)24(37)12-4-5-15(28-20(34)21(35)31-19-14(26)9-13(25)10-27-19)17(8-12)29-22(36)23-30-16-6-7-33(3)11-18(16)38-23/h9-10,12,15,17H,4-8,11H2,1-3H3,(H,28,34)(H,29,36)(H,27,31,35)/t12-,15-,17+/m0/s1. The van der Waals surface area contributed by atoms with E-state index in [1.54, 1.807) is 14.1 Å². The Bertz CT molecular complexity index is 1250. The monoisotopic (exact) mass is 581 g/mol. The second-order valence-electron chi connectivity index (χ2n) is 9.72. The molecule has 0 bridgehead atoms. The molecule has 0 saturated heterocycles. The lowest BCUT2D eigenvalue weighted by molar-refractivity contribution is -0.137. The molecule has 1 aliphatic heterocycles. The van der Waals surface area contributed by atoms with Gasteiger partial charge in [0.15, 0.2) is 10.8 Å². The number of likely N-dealkylation sites (N-methyl/N-ethyl adjacent to an activating group) is 1. The molecule has 0 radical (unpaired) electrons. The number of rotatable bonds is 5. The molecule has 4 amide bonds. The molecule has 11 nitrogen and oxygen atoms in total. The number of nitrogens with zero attached hydrogens (tertiary/aromatic N) is 4. The second kappa shape index (κ2) is 11.9. The molecule has 3 N–H and O–H groups in total. The number of pyridine rings is 1. The van der Waals surface area contributed by atoms with E-state index in [2.05, 4.69) is 30.8 Å². The number of anilines is 1. The van der Waals surface area contributed by atoms with E-state index in [0.29, 0.717) is 24.3 Å². The summed E-state index contributed by atoms with van der Waals surface area (Å²) in [5.41, 5.74) is 0.929. The molecule has 2 aromatic rings. The summed E-state index contributed by atoms with van der Waals surface area (Å²) in [4.78, 5) is 64.4. The molecule has 38 heavy (non-hydrogen) atoms. The van der Waals surface area contributed by atoms with E-state index in [1.807, 2.05) is 7.05 Å². The number of nitrogens with one attached hydrogen (secondary N) is 3. The van der Waals surface area contributed by atoms with Crippen molar-refractivity contribution in [2.75, 3.05) is 33.0 Å². The minimum atomic E-state index is -0.963. The molecule has 0 aromatic carbocycles. The first kappa shape index (κ1) is 28.2. The first-order valence-corrected chi connectivity index (χ1v) is 13.7. The molecule has 14 heteroatoms. The van der Waals surface area contributed by atoms with Gasteiger partial charge < -0.3 is 25.8 Å². The third-order valence-corrected chi connectivity index (χ3v) is 8.21. The minimum Gasteiger partial charge on any atom is -0.349 e. The molecule has 4 rings (SSSR count). The van der Waals surface area contributed by atoms with E-state index in [9.17, 15) is 19.2 Å². The summed E-state index contributed by atoms with van der Waals surface area (Å²) in [5, 5.41) is 8.76. The molecule has 0 spiro atoms. The van der Waals surface area contributed by atoms with Crippen molar-refractivity contribution in [1.29, 1.82) is 0 Å². The number of hydrogen-bond acceptors (Lipinski definition) is 8. The summed E-state index contributed by atoms with van der Waals surface area (Å²) in [6, 6.07) is 0.243. The van der Waals surface area contributed by atoms with Crippen LogP contribution in [0, 0.1) is 5.92 Å². The van der Waals surface area contributed by atoms with Gasteiger partial charge >= 0.3 is 11.8 Å². The zero-order valence-electron chi connectivity index (χ0n) is 21.2. The van der Waals surface area contributed by atoms with Crippen LogP contribution in [0.15, 0.2) is 12.3 Å². The van der Waals surface area contributed by atoms with Gasteiger partial charge in [0.1, 0.15) is 0 Å². The van der Waals surface area contributed by atoms with E-state index in [-0.39, 0.29) is 33.6 Å². The highest BCUT2D eigenvalue weighted by molar-refractivity contribution is 7.13. The van der Waals surface area contributed by atoms with Gasteiger partial charge in [-0.15, -0.1) is 11.3 Å². The largest absolute Gasteiger partial charge is 0.349 e. The Labute approximate surface area is 234 Å². The fourth-order valence-electron chi connectivity index (χ4n) is 4.65. The van der Waals surface area contributed by atoms with Crippen LogP contribution in [-0.2, 0) is 27.3 Å². The van der Waals surface area contributed by atoms with Crippen molar-refractivity contribution in [3.8, 4) is 0 Å². The van der Waals surface area contributed by atoms with Crippen LogP contribution < -0.4 is 16.0 Å². The lowest BCUT2D eigenvalue weighted by Crippen LogP contribution is -2.57. The van der Waals surface area contributed by atoms with Gasteiger partial charge in [-0.05, 0) is 32.4 Å². The first-order valence-electron chi connectivity index (χ1n) is 12.1. The number of amides is 4. The predicted molar refractivity (Wildman–Crippen MR) is 144 cm³/mol. The quantitative estimate of drug-likeness (QED) is 0.459. The number of halogens is 2. The lowest BCUT2D eigenvalue weighted by Gasteiger charge is -2.37. The third kappa shape index (κ3) is 6.60. The normalized spacial score (nSPS) is 21.2. The average molecular weight is 583 g/mol. The molecule has 3 heterocycles. The van der Waals surface area contributed by atoms with Crippen molar-refractivity contribution in [2.24, 2.45) is 5.92 Å². The van der Waals surface area contributed by atoms with Crippen LogP contribution in [0.2, 0.25) is 10.0 Å². The average Bonchev–Trinajstić information content (AvgIpc) is 3.29. The lowest BCUT2D eigenvalue weighted by atomic mass is 9.81. The Kier molecular flexibility index (Phi) is 8.86. The van der Waals surface area contributed by atoms with Crippen molar-refractivity contribution in [1.82, 2.24) is 30.4 Å². The molecule has 2 aliphatic rings. The van der Waals surface area contributed by atoms with Crippen molar-refractivity contribution in [2.45, 2.75) is 44.3 Å². The van der Waals surface area contributed by atoms with Gasteiger partial charge in [0, 0.05) is 56.6 Å². The molecule has 2 aromatic heterocycles. The van der Waals surface area contributed by atoms with Gasteiger partial charge in [-0.25, -0.2) is 9.97 Å². The molecular formula is C24H29Cl2N7O4S. The van der Waals surface area contributed by atoms with Crippen LogP contribution >= 0.6 is 34.5 Å². The van der Waals surface area contributed by atoms with Gasteiger partial charge in [-0.3, -0.25) is 19.2 Å². The van der Waals surface area contributed by atoms with E-state index in [0.717, 1.165) is 30.1 Å². The summed E-state index contributed by atoms with van der Waals surface area (Å²) in [6.45, 7) is 1.62. The summed E-state index contributed by atoms with van der Waals surface area (Å²) >= 11 is 13.2. The Hall–Kier alpha value is -2.80. The van der Waals surface area contributed by atoms with E-state index in [1.165, 1.54) is 28.5 Å². The maximum atomic E-state index is 13.2. The van der Waals surface area contributed by atoms with Gasteiger partial charge in [0.25, 0.3) is 5.91 Å². The highest BCUT2D eigenvalue weighted by atomic mass is 35.5. The maximum absolute atomic E-state index is 13.2. The summed E-state index contributed by atoms with van der Waals surface area (Å²) in [6.07, 6.45) is 3.28. The van der Waals surface area contributed by atoms with E-state index < -0.39 is 23.9 Å². The van der Waals surface area contributed by atoms with Crippen LogP contribution in [0.4, 0.5) is 5.82 Å². The molecule has 204 valence electrons. The third-order valence-electron chi connectivity index (χ3n) is 6.64. The van der Waals surface area contributed by atoms with Gasteiger partial charge in [-0.2, -0.15) is 0 Å². The number of hydrogen-bond donors (Lipinski definition) is 3. The number of carbonyl (C=O) groups excluding carboxylic acids is 4. The number of carbonyl (C=O) groups is 4. The SMILES string of the molecule is CN1CCc2nc(C(=O)N[C@@H]3C[C@@H](C(=O)N(C)C)CC[C@@H]3NC(=O)C(=O)Nc3ncc(Cl)cc3Cl)sc2C1. The Morgan fingerprint density at radius 1 is 1.11 bits per heavy atom. The Morgan fingerprint density at radius 2 is 1.87 bits per heavy atom. The van der Waals surface area contributed by atoms with Crippen LogP contribution in [0.3, 0.4) is 0 Å². The van der Waals surface area contributed by atoms with Crippen LogP contribution in [0.5, 0.6) is 0 Å². The molecule has 1 fully saturated rings. The predicted octanol–water partition coefficient (Wildman–Crippen LogP) is 1.94. The fourth-order valence-corrected chi connectivity index (χ4v) is 6.17.